The number of aromatic nitrogens is 3. The fraction of sp³-hybridized carbons (Fsp3) is 0.176. The molecule has 0 fully saturated rings. The summed E-state index contributed by atoms with van der Waals surface area (Å²) in [6, 6.07) is 9.17. The van der Waals surface area contributed by atoms with Crippen LogP contribution >= 0.6 is 15.9 Å². The number of nitrogens with zero attached hydrogens (tertiary/aromatic N) is 3. The van der Waals surface area contributed by atoms with E-state index < -0.39 is 0 Å². The summed E-state index contributed by atoms with van der Waals surface area (Å²) < 4.78 is 0.961. The molecule has 2 heterocycles. The highest BCUT2D eigenvalue weighted by atomic mass is 79.9. The number of nitrogens with two attached hydrogens (primary N) is 1. The Kier molecular flexibility index (Phi) is 5.08. The predicted molar refractivity (Wildman–Crippen MR) is 100 cm³/mol. The minimum atomic E-state index is -0.312. The molecule has 128 valence electrons. The molecule has 0 aliphatic carbocycles. The van der Waals surface area contributed by atoms with Crippen LogP contribution in [0.25, 0.3) is 11.0 Å². The summed E-state index contributed by atoms with van der Waals surface area (Å²) in [6.07, 6.45) is 3.50. The van der Waals surface area contributed by atoms with Crippen molar-refractivity contribution in [2.45, 2.75) is 12.5 Å². The molecule has 0 bridgehead atoms. The molecule has 8 heteroatoms. The monoisotopic (exact) mass is 400 g/mol. The molecule has 0 saturated carbocycles. The molecular weight excluding hydrogens is 384 g/mol. The molecule has 0 aliphatic rings. The molecule has 7 nitrogen and oxygen atoms in total. The van der Waals surface area contributed by atoms with E-state index in [4.69, 9.17) is 5.73 Å². The number of aromatic amines is 1. The van der Waals surface area contributed by atoms with Crippen molar-refractivity contribution >= 4 is 38.7 Å². The van der Waals surface area contributed by atoms with Gasteiger partial charge in [0.25, 0.3) is 5.91 Å². The predicted octanol–water partition coefficient (Wildman–Crippen LogP) is 2.57. The molecule has 3 aromatic rings. The average Bonchev–Trinajstić information content (AvgIpc) is 3.10. The van der Waals surface area contributed by atoms with Crippen molar-refractivity contribution in [2.24, 2.45) is 10.7 Å². The Hall–Kier alpha value is -2.74. The number of H-pyrrole nitrogens is 1. The first-order valence-electron chi connectivity index (χ1n) is 7.64. The Labute approximate surface area is 152 Å². The molecule has 0 saturated heterocycles. The molecule has 1 aromatic carbocycles. The van der Waals surface area contributed by atoms with Crippen LogP contribution in [0.2, 0.25) is 0 Å². The fourth-order valence-electron chi connectivity index (χ4n) is 2.53. The van der Waals surface area contributed by atoms with Crippen LogP contribution in [0.5, 0.6) is 0 Å². The molecule has 4 N–H and O–H groups in total. The first-order valence-corrected chi connectivity index (χ1v) is 8.43. The van der Waals surface area contributed by atoms with Gasteiger partial charge in [-0.3, -0.25) is 9.79 Å². The highest BCUT2D eigenvalue weighted by molar-refractivity contribution is 9.10. The lowest BCUT2D eigenvalue weighted by Crippen LogP contribution is -2.32. The van der Waals surface area contributed by atoms with Crippen LogP contribution in [0.4, 0.5) is 0 Å². The highest BCUT2D eigenvalue weighted by Gasteiger charge is 2.20. The largest absolute Gasteiger partial charge is 0.387 e. The molecule has 0 spiro atoms. The zero-order valence-corrected chi connectivity index (χ0v) is 15.1. The Balaban J connectivity index is 1.90. The first kappa shape index (κ1) is 17.1. The lowest BCUT2D eigenvalue weighted by atomic mass is 10.0. The topological polar surface area (TPSA) is 109 Å². The van der Waals surface area contributed by atoms with Gasteiger partial charge in [-0.05, 0) is 23.8 Å². The molecule has 0 unspecified atom stereocenters. The summed E-state index contributed by atoms with van der Waals surface area (Å²) in [6.45, 7) is 0. The van der Waals surface area contributed by atoms with Gasteiger partial charge < -0.3 is 16.0 Å². The zero-order valence-electron chi connectivity index (χ0n) is 13.5. The van der Waals surface area contributed by atoms with Crippen LogP contribution in [0.3, 0.4) is 0 Å². The maximum absolute atomic E-state index is 12.8. The number of halogens is 1. The van der Waals surface area contributed by atoms with Crippen LogP contribution in [-0.4, -0.2) is 33.7 Å². The third-order valence-electron chi connectivity index (χ3n) is 3.85. The van der Waals surface area contributed by atoms with Gasteiger partial charge in [-0.1, -0.05) is 28.1 Å². The maximum atomic E-state index is 12.8. The van der Waals surface area contributed by atoms with E-state index in [1.54, 1.807) is 19.3 Å². The summed E-state index contributed by atoms with van der Waals surface area (Å²) >= 11 is 3.41. The SMILES string of the molecule is CN=C(N)C[C@@H](NC(=O)c1ncnc2[nH]ccc12)c1ccc(Br)cc1. The second kappa shape index (κ2) is 7.43. The van der Waals surface area contributed by atoms with E-state index in [1.165, 1.54) is 6.33 Å². The molecule has 1 amide bonds. The van der Waals surface area contributed by atoms with E-state index in [0.717, 1.165) is 10.0 Å². The van der Waals surface area contributed by atoms with Crippen molar-refractivity contribution in [2.75, 3.05) is 7.05 Å². The number of hydrogen-bond acceptors (Lipinski definition) is 4. The molecule has 25 heavy (non-hydrogen) atoms. The van der Waals surface area contributed by atoms with Gasteiger partial charge in [0, 0.05) is 24.1 Å². The smallest absolute Gasteiger partial charge is 0.271 e. The lowest BCUT2D eigenvalue weighted by Gasteiger charge is -2.19. The first-order chi connectivity index (χ1) is 12.1. The molecule has 0 radical (unpaired) electrons. The van der Waals surface area contributed by atoms with Gasteiger partial charge in [0.2, 0.25) is 0 Å². The van der Waals surface area contributed by atoms with Gasteiger partial charge in [-0.25, -0.2) is 9.97 Å². The van der Waals surface area contributed by atoms with Gasteiger partial charge in [-0.15, -0.1) is 0 Å². The summed E-state index contributed by atoms with van der Waals surface area (Å²) in [5, 5.41) is 3.67. The maximum Gasteiger partial charge on any atom is 0.271 e. The van der Waals surface area contributed by atoms with Crippen LogP contribution in [0.15, 0.2) is 52.3 Å². The lowest BCUT2D eigenvalue weighted by molar-refractivity contribution is 0.0934. The second-order valence-electron chi connectivity index (χ2n) is 5.46. The second-order valence-corrected chi connectivity index (χ2v) is 6.37. The van der Waals surface area contributed by atoms with E-state index in [0.29, 0.717) is 29.0 Å². The minimum absolute atomic E-state index is 0.288. The number of fused-ring (bicyclic) bond motifs is 1. The van der Waals surface area contributed by atoms with E-state index >= 15 is 0 Å². The van der Waals surface area contributed by atoms with Gasteiger partial charge in [0.1, 0.15) is 17.7 Å². The highest BCUT2D eigenvalue weighted by Crippen LogP contribution is 2.21. The zero-order chi connectivity index (χ0) is 17.8. The van der Waals surface area contributed by atoms with Crippen LogP contribution in [0, 0.1) is 0 Å². The third-order valence-corrected chi connectivity index (χ3v) is 4.38. The van der Waals surface area contributed by atoms with Gasteiger partial charge in [-0.2, -0.15) is 0 Å². The normalized spacial score (nSPS) is 13.0. The quantitative estimate of drug-likeness (QED) is 0.451. The van der Waals surface area contributed by atoms with Crippen molar-refractivity contribution in [3.8, 4) is 0 Å². The van der Waals surface area contributed by atoms with Gasteiger partial charge in [0.15, 0.2) is 0 Å². The van der Waals surface area contributed by atoms with E-state index in [9.17, 15) is 4.79 Å². The van der Waals surface area contributed by atoms with Gasteiger partial charge >= 0.3 is 0 Å². The number of amidine groups is 1. The van der Waals surface area contributed by atoms with E-state index in [2.05, 4.69) is 41.2 Å². The van der Waals surface area contributed by atoms with Crippen molar-refractivity contribution in [1.29, 1.82) is 0 Å². The Morgan fingerprint density at radius 3 is 2.80 bits per heavy atom. The summed E-state index contributed by atoms with van der Waals surface area (Å²) in [5.41, 5.74) is 7.76. The van der Waals surface area contributed by atoms with Crippen LogP contribution in [-0.2, 0) is 0 Å². The van der Waals surface area contributed by atoms with E-state index in [-0.39, 0.29) is 11.9 Å². The van der Waals surface area contributed by atoms with Crippen molar-refractivity contribution < 1.29 is 4.79 Å². The number of carbonyl (C=O) groups excluding carboxylic acids is 1. The molecular formula is C17H17BrN6O. The molecule has 1 atom stereocenters. The molecule has 0 aliphatic heterocycles. The Morgan fingerprint density at radius 1 is 1.32 bits per heavy atom. The third kappa shape index (κ3) is 3.85. The number of benzene rings is 1. The number of rotatable bonds is 5. The summed E-state index contributed by atoms with van der Waals surface area (Å²) in [5.74, 6) is 0.173. The van der Waals surface area contributed by atoms with Crippen molar-refractivity contribution in [3.05, 3.63) is 58.6 Å². The Bertz CT molecular complexity index is 918. The summed E-state index contributed by atoms with van der Waals surface area (Å²) in [4.78, 5) is 28.0. The average molecular weight is 401 g/mol. The van der Waals surface area contributed by atoms with Gasteiger partial charge in [0.05, 0.1) is 17.3 Å². The number of hydrogen-bond donors (Lipinski definition) is 3. The van der Waals surface area contributed by atoms with Crippen molar-refractivity contribution in [3.63, 3.8) is 0 Å². The number of carbonyl (C=O) groups is 1. The van der Waals surface area contributed by atoms with E-state index in [1.807, 2.05) is 24.3 Å². The number of amides is 1. The van der Waals surface area contributed by atoms with Crippen LogP contribution < -0.4 is 11.1 Å². The standard InChI is InChI=1S/C17H17BrN6O/c1-20-14(19)8-13(10-2-4-11(18)5-3-10)24-17(25)15-12-6-7-21-16(12)23-9-22-15/h2-7,9,13H,8H2,1H3,(H2,19,20)(H,24,25)(H,21,22,23)/t13-/m1/s1. The Morgan fingerprint density at radius 2 is 2.08 bits per heavy atom. The van der Waals surface area contributed by atoms with Crippen molar-refractivity contribution in [1.82, 2.24) is 20.3 Å². The molecule has 3 rings (SSSR count). The fourth-order valence-corrected chi connectivity index (χ4v) is 2.79. The summed E-state index contributed by atoms with van der Waals surface area (Å²) in [7, 11) is 1.63. The number of aliphatic imine (C=N–C) groups is 1. The minimum Gasteiger partial charge on any atom is -0.387 e. The molecule has 2 aromatic heterocycles. The number of nitrogens with one attached hydrogen (secondary N) is 2. The van der Waals surface area contributed by atoms with Crippen LogP contribution in [0.1, 0.15) is 28.5 Å².